The highest BCUT2D eigenvalue weighted by atomic mass is 32.2. The molecule has 0 radical (unpaired) electrons. The highest BCUT2D eigenvalue weighted by Crippen LogP contribution is 2.35. The third-order valence-corrected chi connectivity index (χ3v) is 6.70. The molecule has 0 aromatic heterocycles. The van der Waals surface area contributed by atoms with Crippen LogP contribution in [0.2, 0.25) is 0 Å². The third-order valence-electron chi connectivity index (χ3n) is 4.70. The predicted octanol–water partition coefficient (Wildman–Crippen LogP) is 4.01. The fraction of sp³-hybridized carbons (Fsp3) is 0.579. The average molecular weight is 394 g/mol. The van der Waals surface area contributed by atoms with E-state index in [1.54, 1.807) is 6.92 Å². The van der Waals surface area contributed by atoms with Gasteiger partial charge in [0, 0.05) is 10.8 Å². The number of rotatable bonds is 8. The smallest absolute Gasteiger partial charge is 0.181 e. The van der Waals surface area contributed by atoms with Gasteiger partial charge in [0.05, 0.1) is 24.6 Å². The van der Waals surface area contributed by atoms with E-state index in [9.17, 15) is 8.42 Å². The number of ether oxygens (including phenoxy) is 2. The molecule has 5 unspecified atom stereocenters. The van der Waals surface area contributed by atoms with Crippen LogP contribution in [0.5, 0.6) is 0 Å². The molecule has 1 heterocycles. The first-order valence-electron chi connectivity index (χ1n) is 9.01. The first-order chi connectivity index (χ1) is 12.8. The lowest BCUT2D eigenvalue weighted by atomic mass is 9.88. The van der Waals surface area contributed by atoms with E-state index < -0.39 is 27.4 Å². The molecule has 0 amide bonds. The Morgan fingerprint density at radius 3 is 2.59 bits per heavy atom. The summed E-state index contributed by atoms with van der Waals surface area (Å²) in [7, 11) is -3.70. The van der Waals surface area contributed by atoms with E-state index in [-0.39, 0.29) is 17.8 Å². The summed E-state index contributed by atoms with van der Waals surface area (Å²) >= 11 is 0. The number of hydrogen-bond donors (Lipinski definition) is 0. The summed E-state index contributed by atoms with van der Waals surface area (Å²) < 4.78 is 37.7. The second kappa shape index (κ2) is 9.37. The van der Waals surface area contributed by atoms with Crippen molar-refractivity contribution in [3.63, 3.8) is 0 Å². The molecule has 0 N–H and O–H groups in total. The summed E-state index contributed by atoms with van der Waals surface area (Å²) in [6, 6.07) is 8.63. The van der Waals surface area contributed by atoms with Crippen molar-refractivity contribution in [1.29, 1.82) is 0 Å². The van der Waals surface area contributed by atoms with Crippen molar-refractivity contribution in [2.45, 2.75) is 57.5 Å². The minimum absolute atomic E-state index is 0.120. The third kappa shape index (κ3) is 5.32. The summed E-state index contributed by atoms with van der Waals surface area (Å²) in [5.41, 5.74) is 9.26. The molecule has 27 heavy (non-hydrogen) atoms. The molecule has 8 heteroatoms. The number of sulfone groups is 1. The van der Waals surface area contributed by atoms with Gasteiger partial charge in [-0.25, -0.2) is 8.42 Å². The van der Waals surface area contributed by atoms with Crippen LogP contribution in [-0.4, -0.2) is 37.9 Å². The van der Waals surface area contributed by atoms with Crippen molar-refractivity contribution in [2.75, 3.05) is 5.75 Å². The highest BCUT2D eigenvalue weighted by molar-refractivity contribution is 7.92. The van der Waals surface area contributed by atoms with Crippen LogP contribution in [-0.2, 0) is 25.9 Å². The summed E-state index contributed by atoms with van der Waals surface area (Å²) in [6.45, 7) is 9.51. The van der Waals surface area contributed by atoms with E-state index in [1.807, 2.05) is 44.2 Å². The lowest BCUT2D eigenvalue weighted by Crippen LogP contribution is -2.56. The molecule has 0 spiro atoms. The average Bonchev–Trinajstić information content (AvgIpc) is 2.61. The molecule has 0 saturated carbocycles. The summed E-state index contributed by atoms with van der Waals surface area (Å²) in [5, 5.41) is 3.77. The van der Waals surface area contributed by atoms with Gasteiger partial charge < -0.3 is 9.47 Å². The minimum atomic E-state index is -3.70. The maximum atomic E-state index is 12.8. The number of hydrogen-bond acceptors (Lipinski definition) is 5. The molecule has 1 fully saturated rings. The van der Waals surface area contributed by atoms with E-state index in [0.29, 0.717) is 18.6 Å². The van der Waals surface area contributed by atoms with Crippen molar-refractivity contribution in [1.82, 2.24) is 0 Å². The van der Waals surface area contributed by atoms with E-state index in [1.165, 1.54) is 0 Å². The van der Waals surface area contributed by atoms with Crippen molar-refractivity contribution < 1.29 is 17.9 Å². The Bertz CT molecular complexity index is 790. The second-order valence-corrected chi connectivity index (χ2v) is 9.11. The highest BCUT2D eigenvalue weighted by Gasteiger charge is 2.48. The van der Waals surface area contributed by atoms with Crippen LogP contribution < -0.4 is 0 Å². The van der Waals surface area contributed by atoms with Gasteiger partial charge in [-0.05, 0) is 24.4 Å². The van der Waals surface area contributed by atoms with Gasteiger partial charge in [0.2, 0.25) is 0 Å². The fourth-order valence-corrected chi connectivity index (χ4v) is 5.24. The van der Waals surface area contributed by atoms with Gasteiger partial charge in [0.25, 0.3) is 0 Å². The molecule has 5 atom stereocenters. The molecular formula is C19H27N3O4S. The summed E-state index contributed by atoms with van der Waals surface area (Å²) in [4.78, 5) is 2.87. The molecule has 2 rings (SSSR count). The van der Waals surface area contributed by atoms with Gasteiger partial charge in [-0.15, -0.1) is 0 Å². The molecule has 1 aliphatic rings. The Morgan fingerprint density at radius 1 is 1.37 bits per heavy atom. The quantitative estimate of drug-likeness (QED) is 0.288. The van der Waals surface area contributed by atoms with Crippen molar-refractivity contribution >= 4 is 9.84 Å². The van der Waals surface area contributed by atoms with Gasteiger partial charge in [0.15, 0.2) is 15.3 Å². The molecular weight excluding hydrogens is 366 g/mol. The Labute approximate surface area is 160 Å². The first kappa shape index (κ1) is 21.4. The van der Waals surface area contributed by atoms with Gasteiger partial charge in [-0.3, -0.25) is 0 Å². The zero-order valence-electron chi connectivity index (χ0n) is 16.0. The van der Waals surface area contributed by atoms with E-state index >= 15 is 0 Å². The predicted molar refractivity (Wildman–Crippen MR) is 105 cm³/mol. The van der Waals surface area contributed by atoms with Crippen molar-refractivity contribution in [3.8, 4) is 0 Å². The van der Waals surface area contributed by atoms with Gasteiger partial charge in [-0.2, -0.15) is 0 Å². The van der Waals surface area contributed by atoms with Crippen LogP contribution in [0.25, 0.3) is 10.4 Å². The molecule has 7 nitrogen and oxygen atoms in total. The van der Waals surface area contributed by atoms with Crippen molar-refractivity contribution in [3.05, 3.63) is 58.5 Å². The Kier molecular flexibility index (Phi) is 7.44. The molecule has 0 aliphatic carbocycles. The first-order valence-corrected chi connectivity index (χ1v) is 10.7. The van der Waals surface area contributed by atoms with Crippen LogP contribution in [0.15, 0.2) is 47.6 Å². The van der Waals surface area contributed by atoms with Gasteiger partial charge >= 0.3 is 0 Å². The van der Waals surface area contributed by atoms with Gasteiger partial charge in [-0.1, -0.05) is 61.4 Å². The second-order valence-electron chi connectivity index (χ2n) is 7.03. The van der Waals surface area contributed by atoms with Crippen LogP contribution >= 0.6 is 0 Å². The SMILES string of the molecule is C=C(C)CS(=O)(=O)C1OC(CC)C(C)C(OCc2ccccc2)C1N=[N+]=[N-]. The van der Waals surface area contributed by atoms with Crippen molar-refractivity contribution in [2.24, 2.45) is 11.0 Å². The maximum absolute atomic E-state index is 12.8. The molecule has 0 bridgehead atoms. The number of benzene rings is 1. The molecule has 1 aromatic carbocycles. The maximum Gasteiger partial charge on any atom is 0.181 e. The van der Waals surface area contributed by atoms with Gasteiger partial charge in [0.1, 0.15) is 6.04 Å². The minimum Gasteiger partial charge on any atom is -0.373 e. The summed E-state index contributed by atoms with van der Waals surface area (Å²) in [6.07, 6.45) is -0.237. The van der Waals surface area contributed by atoms with E-state index in [2.05, 4.69) is 16.6 Å². The molecule has 148 valence electrons. The number of nitrogens with zero attached hydrogens (tertiary/aromatic N) is 3. The normalized spacial score (nSPS) is 28.3. The Morgan fingerprint density at radius 2 is 2.04 bits per heavy atom. The molecule has 1 aliphatic heterocycles. The van der Waals surface area contributed by atoms with E-state index in [4.69, 9.17) is 15.0 Å². The topological polar surface area (TPSA) is 101 Å². The zero-order chi connectivity index (χ0) is 20.0. The fourth-order valence-electron chi connectivity index (χ4n) is 3.44. The van der Waals surface area contributed by atoms with Crippen LogP contribution in [0.4, 0.5) is 0 Å². The summed E-state index contributed by atoms with van der Waals surface area (Å²) in [5.74, 6) is -0.337. The standard InChI is InChI=1S/C19H27N3O4S/c1-5-16-14(4)18(25-11-15-9-7-6-8-10-15)17(21-22-20)19(26-16)27(23,24)12-13(2)3/h6-10,14,16-19H,2,5,11-12H2,1,3-4H3. The molecule has 1 aromatic rings. The van der Waals surface area contributed by atoms with Crippen LogP contribution in [0.3, 0.4) is 0 Å². The monoisotopic (exact) mass is 393 g/mol. The lowest BCUT2D eigenvalue weighted by molar-refractivity contribution is -0.141. The Hall–Kier alpha value is -1.86. The zero-order valence-corrected chi connectivity index (χ0v) is 16.8. The van der Waals surface area contributed by atoms with Crippen LogP contribution in [0, 0.1) is 5.92 Å². The number of azide groups is 1. The van der Waals surface area contributed by atoms with E-state index in [0.717, 1.165) is 5.56 Å². The largest absolute Gasteiger partial charge is 0.373 e. The Balaban J connectivity index is 2.34. The van der Waals surface area contributed by atoms with Crippen LogP contribution in [0.1, 0.15) is 32.8 Å². The lowest BCUT2D eigenvalue weighted by Gasteiger charge is -2.43. The molecule has 1 saturated heterocycles.